The molecule has 3 aromatic carbocycles. The Morgan fingerprint density at radius 2 is 1.77 bits per heavy atom. The van der Waals surface area contributed by atoms with Crippen molar-refractivity contribution in [2.24, 2.45) is 0 Å². The van der Waals surface area contributed by atoms with E-state index in [0.29, 0.717) is 33.3 Å². The number of aliphatic hydroxyl groups is 1. The fourth-order valence-electron chi connectivity index (χ4n) is 4.16. The lowest BCUT2D eigenvalue weighted by molar-refractivity contribution is -0.132. The zero-order valence-electron chi connectivity index (χ0n) is 19.9. The lowest BCUT2D eigenvalue weighted by Crippen LogP contribution is -2.29. The number of aryl methyl sites for hydroxylation is 1. The number of amides is 1. The summed E-state index contributed by atoms with van der Waals surface area (Å²) in [5.74, 6) is -0.848. The molecule has 3 aromatic rings. The molecule has 1 fully saturated rings. The van der Waals surface area contributed by atoms with Gasteiger partial charge in [0.05, 0.1) is 24.8 Å². The molecule has 6 nitrogen and oxygen atoms in total. The number of carbonyl (C=O) groups excluding carboxylic acids is 2. The van der Waals surface area contributed by atoms with Crippen LogP contribution in [0.2, 0.25) is 5.02 Å². The van der Waals surface area contributed by atoms with Crippen molar-refractivity contribution in [2.45, 2.75) is 32.9 Å². The van der Waals surface area contributed by atoms with Gasteiger partial charge in [-0.15, -0.1) is 0 Å². The van der Waals surface area contributed by atoms with Gasteiger partial charge in [-0.2, -0.15) is 0 Å². The summed E-state index contributed by atoms with van der Waals surface area (Å²) in [7, 11) is 1.51. The number of methoxy groups -OCH3 is 1. The van der Waals surface area contributed by atoms with Gasteiger partial charge in [0.15, 0.2) is 0 Å². The van der Waals surface area contributed by atoms with Crippen LogP contribution in [0, 0.1) is 6.92 Å². The summed E-state index contributed by atoms with van der Waals surface area (Å²) in [5, 5.41) is 11.8. The van der Waals surface area contributed by atoms with Gasteiger partial charge in [0, 0.05) is 21.8 Å². The molecule has 0 spiro atoms. The van der Waals surface area contributed by atoms with Crippen LogP contribution in [0.15, 0.2) is 72.3 Å². The molecule has 4 rings (SSSR count). The Bertz CT molecular complexity index is 1330. The number of nitrogens with zero attached hydrogens (tertiary/aromatic N) is 1. The van der Waals surface area contributed by atoms with E-state index in [1.54, 1.807) is 66.7 Å². The Morgan fingerprint density at radius 1 is 1.03 bits per heavy atom. The Morgan fingerprint density at radius 3 is 2.46 bits per heavy atom. The first-order chi connectivity index (χ1) is 16.7. The Hall–Kier alpha value is -3.77. The predicted molar refractivity (Wildman–Crippen MR) is 136 cm³/mol. The summed E-state index contributed by atoms with van der Waals surface area (Å²) >= 11 is 6.36. The summed E-state index contributed by atoms with van der Waals surface area (Å²) < 4.78 is 11.3. The average molecular weight is 492 g/mol. The van der Waals surface area contributed by atoms with Gasteiger partial charge in [-0.25, -0.2) is 0 Å². The molecule has 1 unspecified atom stereocenters. The summed E-state index contributed by atoms with van der Waals surface area (Å²) in [6.45, 7) is 5.64. The first-order valence-electron chi connectivity index (χ1n) is 11.2. The van der Waals surface area contributed by atoms with E-state index in [1.165, 1.54) is 12.0 Å². The van der Waals surface area contributed by atoms with Crippen molar-refractivity contribution in [1.29, 1.82) is 0 Å². The van der Waals surface area contributed by atoms with E-state index in [-0.39, 0.29) is 17.4 Å². The standard InChI is InChI=1S/C28H26ClNO5/c1-16(2)35-20-9-7-8-18(14-20)26(31)24-25(21-10-5-6-11-23(21)34-4)30(28(33)27(24)32)19-13-12-17(3)22(29)15-19/h5-16,25,31H,1-4H3/b26-24+. The quantitative estimate of drug-likeness (QED) is 0.257. The van der Waals surface area contributed by atoms with Crippen molar-refractivity contribution in [3.8, 4) is 11.5 Å². The number of Topliss-reactive ketones (excluding diaryl/α,β-unsaturated/α-hetero) is 1. The van der Waals surface area contributed by atoms with E-state index in [1.807, 2.05) is 20.8 Å². The largest absolute Gasteiger partial charge is 0.507 e. The summed E-state index contributed by atoms with van der Waals surface area (Å²) in [6.07, 6.45) is -0.0714. The van der Waals surface area contributed by atoms with Crippen LogP contribution in [0.25, 0.3) is 5.76 Å². The molecule has 0 saturated carbocycles. The van der Waals surface area contributed by atoms with Gasteiger partial charge in [0.1, 0.15) is 17.3 Å². The Balaban J connectivity index is 1.95. The molecule has 1 amide bonds. The third-order valence-corrected chi connectivity index (χ3v) is 6.20. The van der Waals surface area contributed by atoms with Crippen LogP contribution in [-0.4, -0.2) is 30.0 Å². The predicted octanol–water partition coefficient (Wildman–Crippen LogP) is 6.07. The minimum absolute atomic E-state index is 0.0436. The van der Waals surface area contributed by atoms with Crippen LogP contribution >= 0.6 is 11.6 Å². The second kappa shape index (κ2) is 9.84. The van der Waals surface area contributed by atoms with Gasteiger partial charge in [0.2, 0.25) is 0 Å². The molecule has 0 radical (unpaired) electrons. The second-order valence-corrected chi connectivity index (χ2v) is 8.95. The monoisotopic (exact) mass is 491 g/mol. The second-order valence-electron chi connectivity index (χ2n) is 8.54. The summed E-state index contributed by atoms with van der Waals surface area (Å²) in [4.78, 5) is 28.1. The minimum atomic E-state index is -0.931. The highest BCUT2D eigenvalue weighted by Gasteiger charge is 2.48. The number of ether oxygens (including phenoxy) is 2. The lowest BCUT2D eigenvalue weighted by atomic mass is 9.94. The van der Waals surface area contributed by atoms with Gasteiger partial charge in [-0.3, -0.25) is 14.5 Å². The topological polar surface area (TPSA) is 76.1 Å². The number of carbonyl (C=O) groups is 2. The number of ketones is 1. The Kier molecular flexibility index (Phi) is 6.85. The minimum Gasteiger partial charge on any atom is -0.507 e. The zero-order chi connectivity index (χ0) is 25.3. The molecular formula is C28H26ClNO5. The molecule has 0 aromatic heterocycles. The number of benzene rings is 3. The van der Waals surface area contributed by atoms with Crippen molar-refractivity contribution in [3.05, 3.63) is 94.0 Å². The number of halogens is 1. The molecule has 1 aliphatic rings. The molecule has 7 heteroatoms. The number of hydrogen-bond acceptors (Lipinski definition) is 5. The van der Waals surface area contributed by atoms with Gasteiger partial charge >= 0.3 is 0 Å². The van der Waals surface area contributed by atoms with Crippen LogP contribution in [-0.2, 0) is 9.59 Å². The first-order valence-corrected chi connectivity index (χ1v) is 11.6. The van der Waals surface area contributed by atoms with E-state index in [9.17, 15) is 14.7 Å². The molecule has 35 heavy (non-hydrogen) atoms. The molecule has 180 valence electrons. The number of hydrogen-bond donors (Lipinski definition) is 1. The molecular weight excluding hydrogens is 466 g/mol. The van der Waals surface area contributed by atoms with E-state index >= 15 is 0 Å². The number of rotatable bonds is 6. The van der Waals surface area contributed by atoms with E-state index in [2.05, 4.69) is 0 Å². The molecule has 1 aliphatic heterocycles. The normalized spacial score (nSPS) is 17.2. The van der Waals surface area contributed by atoms with Crippen LogP contribution < -0.4 is 14.4 Å². The zero-order valence-corrected chi connectivity index (χ0v) is 20.7. The van der Waals surface area contributed by atoms with Crippen molar-refractivity contribution in [1.82, 2.24) is 0 Å². The molecule has 1 heterocycles. The maximum atomic E-state index is 13.4. The van der Waals surface area contributed by atoms with Crippen LogP contribution in [0.4, 0.5) is 5.69 Å². The molecule has 1 saturated heterocycles. The SMILES string of the molecule is COc1ccccc1C1/C(=C(\O)c2cccc(OC(C)C)c2)C(=O)C(=O)N1c1ccc(C)c(Cl)c1. The van der Waals surface area contributed by atoms with Crippen molar-refractivity contribution >= 4 is 34.7 Å². The highest BCUT2D eigenvalue weighted by molar-refractivity contribution is 6.52. The summed E-state index contributed by atoms with van der Waals surface area (Å²) in [6, 6.07) is 18.1. The van der Waals surface area contributed by atoms with Crippen molar-refractivity contribution in [2.75, 3.05) is 12.0 Å². The van der Waals surface area contributed by atoms with E-state index in [0.717, 1.165) is 5.56 Å². The van der Waals surface area contributed by atoms with E-state index in [4.69, 9.17) is 21.1 Å². The fourth-order valence-corrected chi connectivity index (χ4v) is 4.34. The number of para-hydroxylation sites is 1. The maximum Gasteiger partial charge on any atom is 0.300 e. The molecule has 1 atom stereocenters. The summed E-state index contributed by atoms with van der Waals surface area (Å²) in [5.41, 5.74) is 2.15. The first kappa shape index (κ1) is 24.4. The highest BCUT2D eigenvalue weighted by atomic mass is 35.5. The van der Waals surface area contributed by atoms with E-state index < -0.39 is 17.7 Å². The van der Waals surface area contributed by atoms with Crippen LogP contribution in [0.3, 0.4) is 0 Å². The van der Waals surface area contributed by atoms with Crippen molar-refractivity contribution < 1.29 is 24.2 Å². The Labute approximate surface area is 209 Å². The van der Waals surface area contributed by atoms with Gasteiger partial charge in [-0.05, 0) is 56.7 Å². The third-order valence-electron chi connectivity index (χ3n) is 5.79. The van der Waals surface area contributed by atoms with Gasteiger partial charge in [-0.1, -0.05) is 48.0 Å². The molecule has 0 bridgehead atoms. The lowest BCUT2D eigenvalue weighted by Gasteiger charge is -2.27. The third kappa shape index (κ3) is 4.62. The maximum absolute atomic E-state index is 13.4. The smallest absolute Gasteiger partial charge is 0.300 e. The van der Waals surface area contributed by atoms with Crippen molar-refractivity contribution in [3.63, 3.8) is 0 Å². The van der Waals surface area contributed by atoms with Gasteiger partial charge in [0.25, 0.3) is 11.7 Å². The molecule has 0 aliphatic carbocycles. The average Bonchev–Trinajstić information content (AvgIpc) is 3.10. The highest BCUT2D eigenvalue weighted by Crippen LogP contribution is 2.45. The number of aliphatic hydroxyl groups excluding tert-OH is 1. The van der Waals surface area contributed by atoms with Crippen LogP contribution in [0.1, 0.15) is 36.6 Å². The van der Waals surface area contributed by atoms with Gasteiger partial charge < -0.3 is 14.6 Å². The number of anilines is 1. The van der Waals surface area contributed by atoms with Crippen LogP contribution in [0.5, 0.6) is 11.5 Å². The fraction of sp³-hybridized carbons (Fsp3) is 0.214. The molecule has 1 N–H and O–H groups in total.